The zero-order valence-electron chi connectivity index (χ0n) is 10.3. The monoisotopic (exact) mass is 228 g/mol. The van der Waals surface area contributed by atoms with Crippen LogP contribution in [0.1, 0.15) is 37.0 Å². The number of imidazole rings is 1. The van der Waals surface area contributed by atoms with Crippen LogP contribution in [-0.4, -0.2) is 16.3 Å². The molecule has 2 aromatic rings. The van der Waals surface area contributed by atoms with E-state index in [4.69, 9.17) is 0 Å². The van der Waals surface area contributed by atoms with Crippen molar-refractivity contribution >= 4 is 6.29 Å². The lowest BCUT2D eigenvalue weighted by Crippen LogP contribution is -2.13. The molecule has 0 fully saturated rings. The molecule has 0 aliphatic rings. The van der Waals surface area contributed by atoms with E-state index in [9.17, 15) is 4.79 Å². The third kappa shape index (κ3) is 2.44. The maximum absolute atomic E-state index is 10.6. The van der Waals surface area contributed by atoms with Gasteiger partial charge in [0, 0.05) is 22.7 Å². The summed E-state index contributed by atoms with van der Waals surface area (Å²) < 4.78 is 0. The number of rotatable bonds is 2. The summed E-state index contributed by atoms with van der Waals surface area (Å²) >= 11 is 0. The lowest BCUT2D eigenvalue weighted by Gasteiger charge is -2.13. The quantitative estimate of drug-likeness (QED) is 0.802. The molecule has 0 unspecified atom stereocenters. The van der Waals surface area contributed by atoms with E-state index in [1.807, 2.05) is 18.3 Å². The predicted octanol–water partition coefficient (Wildman–Crippen LogP) is 3.19. The average molecular weight is 228 g/mol. The van der Waals surface area contributed by atoms with Crippen molar-refractivity contribution in [2.24, 2.45) is 0 Å². The second-order valence-electron chi connectivity index (χ2n) is 5.12. The molecule has 3 nitrogen and oxygen atoms in total. The first-order valence-corrected chi connectivity index (χ1v) is 5.62. The van der Waals surface area contributed by atoms with Crippen molar-refractivity contribution in [3.63, 3.8) is 0 Å². The molecule has 0 atom stereocenters. The molecule has 1 aromatic carbocycles. The highest BCUT2D eigenvalue weighted by Crippen LogP contribution is 2.23. The van der Waals surface area contributed by atoms with Crippen molar-refractivity contribution in [2.75, 3.05) is 0 Å². The number of carbonyl (C=O) groups excluding carboxylic acids is 1. The van der Waals surface area contributed by atoms with E-state index in [1.54, 1.807) is 12.1 Å². The Morgan fingerprint density at radius 3 is 2.29 bits per heavy atom. The molecule has 1 aromatic heterocycles. The number of aldehydes is 1. The Bertz CT molecular complexity index is 518. The summed E-state index contributed by atoms with van der Waals surface area (Å²) in [5, 5.41) is 0. The molecule has 0 spiro atoms. The van der Waals surface area contributed by atoms with Crippen molar-refractivity contribution in [1.82, 2.24) is 9.97 Å². The lowest BCUT2D eigenvalue weighted by molar-refractivity contribution is 0.112. The normalized spacial score (nSPS) is 11.5. The predicted molar refractivity (Wildman–Crippen MR) is 68.1 cm³/mol. The van der Waals surface area contributed by atoms with Gasteiger partial charge in [0.2, 0.25) is 0 Å². The summed E-state index contributed by atoms with van der Waals surface area (Å²) in [7, 11) is 0. The van der Waals surface area contributed by atoms with Gasteiger partial charge < -0.3 is 4.98 Å². The van der Waals surface area contributed by atoms with Crippen molar-refractivity contribution in [1.29, 1.82) is 0 Å². The van der Waals surface area contributed by atoms with Gasteiger partial charge in [0.1, 0.15) is 12.1 Å². The Labute approximate surface area is 101 Å². The van der Waals surface area contributed by atoms with Gasteiger partial charge in [-0.15, -0.1) is 0 Å². The Kier molecular flexibility index (Phi) is 2.84. The minimum absolute atomic E-state index is 0.0149. The molecule has 3 heteroatoms. The summed E-state index contributed by atoms with van der Waals surface area (Å²) in [6.45, 7) is 6.35. The number of hydrogen-bond acceptors (Lipinski definition) is 2. The van der Waals surface area contributed by atoms with Gasteiger partial charge >= 0.3 is 0 Å². The molecule has 0 amide bonds. The molecule has 88 valence electrons. The zero-order valence-corrected chi connectivity index (χ0v) is 10.3. The summed E-state index contributed by atoms with van der Waals surface area (Å²) in [4.78, 5) is 18.3. The topological polar surface area (TPSA) is 45.8 Å². The van der Waals surface area contributed by atoms with Crippen LogP contribution in [0.15, 0.2) is 30.5 Å². The Morgan fingerprint density at radius 1 is 1.18 bits per heavy atom. The number of aromatic amines is 1. The Hall–Kier alpha value is -1.90. The summed E-state index contributed by atoms with van der Waals surface area (Å²) in [5.41, 5.74) is 2.62. The van der Waals surface area contributed by atoms with Crippen LogP contribution in [0, 0.1) is 0 Å². The summed E-state index contributed by atoms with van der Waals surface area (Å²) in [6, 6.07) is 7.42. The van der Waals surface area contributed by atoms with E-state index in [-0.39, 0.29) is 5.41 Å². The van der Waals surface area contributed by atoms with Crippen LogP contribution in [0.2, 0.25) is 0 Å². The van der Waals surface area contributed by atoms with Gasteiger partial charge in [-0.2, -0.15) is 0 Å². The van der Waals surface area contributed by atoms with E-state index < -0.39 is 0 Å². The maximum atomic E-state index is 10.6. The second kappa shape index (κ2) is 4.17. The van der Waals surface area contributed by atoms with E-state index in [0.29, 0.717) is 5.56 Å². The molecular weight excluding hydrogens is 212 g/mol. The lowest BCUT2D eigenvalue weighted by atomic mass is 9.96. The number of H-pyrrole nitrogens is 1. The summed E-state index contributed by atoms with van der Waals surface area (Å²) in [6.07, 6.45) is 2.74. The highest BCUT2D eigenvalue weighted by atomic mass is 16.1. The Balaban J connectivity index is 2.33. The molecule has 2 rings (SSSR count). The van der Waals surface area contributed by atoms with E-state index in [2.05, 4.69) is 30.7 Å². The van der Waals surface area contributed by atoms with Crippen LogP contribution in [0.4, 0.5) is 0 Å². The number of aromatic nitrogens is 2. The third-order valence-electron chi connectivity index (χ3n) is 2.63. The highest BCUT2D eigenvalue weighted by Gasteiger charge is 2.17. The standard InChI is InChI=1S/C14H16N2O/c1-14(2,3)13-15-8-12(16-13)11-6-4-10(9-17)5-7-11/h4-9H,1-3H3,(H,15,16). The molecule has 0 radical (unpaired) electrons. The van der Waals surface area contributed by atoms with Gasteiger partial charge in [-0.3, -0.25) is 4.79 Å². The zero-order chi connectivity index (χ0) is 12.5. The smallest absolute Gasteiger partial charge is 0.150 e. The fraction of sp³-hybridized carbons (Fsp3) is 0.286. The van der Waals surface area contributed by atoms with Crippen LogP contribution >= 0.6 is 0 Å². The molecule has 0 aliphatic carbocycles. The molecule has 1 N–H and O–H groups in total. The van der Waals surface area contributed by atoms with Gasteiger partial charge in [-0.1, -0.05) is 45.0 Å². The molecule has 17 heavy (non-hydrogen) atoms. The fourth-order valence-corrected chi connectivity index (χ4v) is 1.59. The molecule has 0 bridgehead atoms. The van der Waals surface area contributed by atoms with Crippen molar-refractivity contribution < 1.29 is 4.79 Å². The van der Waals surface area contributed by atoms with E-state index in [0.717, 1.165) is 23.4 Å². The summed E-state index contributed by atoms with van der Waals surface area (Å²) in [5.74, 6) is 0.965. The highest BCUT2D eigenvalue weighted by molar-refractivity contribution is 5.76. The van der Waals surface area contributed by atoms with Gasteiger partial charge in [-0.05, 0) is 0 Å². The second-order valence-corrected chi connectivity index (χ2v) is 5.12. The molecule has 1 heterocycles. The van der Waals surface area contributed by atoms with Gasteiger partial charge in [0.25, 0.3) is 0 Å². The van der Waals surface area contributed by atoms with Crippen LogP contribution in [-0.2, 0) is 5.41 Å². The first kappa shape index (κ1) is 11.6. The number of nitrogens with one attached hydrogen (secondary N) is 1. The first-order valence-electron chi connectivity index (χ1n) is 5.62. The van der Waals surface area contributed by atoms with E-state index in [1.165, 1.54) is 0 Å². The van der Waals surface area contributed by atoms with Gasteiger partial charge in [-0.25, -0.2) is 4.98 Å². The fourth-order valence-electron chi connectivity index (χ4n) is 1.59. The average Bonchev–Trinajstić information content (AvgIpc) is 2.78. The van der Waals surface area contributed by atoms with Gasteiger partial charge in [0.15, 0.2) is 0 Å². The third-order valence-corrected chi connectivity index (χ3v) is 2.63. The number of hydrogen-bond donors (Lipinski definition) is 1. The first-order chi connectivity index (χ1) is 8.00. The maximum Gasteiger partial charge on any atom is 0.150 e. The van der Waals surface area contributed by atoms with Crippen LogP contribution in [0.25, 0.3) is 11.3 Å². The Morgan fingerprint density at radius 2 is 1.82 bits per heavy atom. The minimum atomic E-state index is 0.0149. The van der Waals surface area contributed by atoms with Crippen molar-refractivity contribution in [2.45, 2.75) is 26.2 Å². The van der Waals surface area contributed by atoms with Crippen LogP contribution in [0.5, 0.6) is 0 Å². The van der Waals surface area contributed by atoms with E-state index >= 15 is 0 Å². The molecule has 0 aliphatic heterocycles. The molecular formula is C14H16N2O. The largest absolute Gasteiger partial charge is 0.348 e. The minimum Gasteiger partial charge on any atom is -0.348 e. The van der Waals surface area contributed by atoms with Crippen molar-refractivity contribution in [3.05, 3.63) is 41.9 Å². The molecule has 0 saturated heterocycles. The van der Waals surface area contributed by atoms with Crippen LogP contribution in [0.3, 0.4) is 0 Å². The SMILES string of the molecule is CC(C)(C)c1nc(-c2ccc(C=O)cc2)c[nH]1. The number of nitrogens with zero attached hydrogens (tertiary/aromatic N) is 1. The van der Waals surface area contributed by atoms with Crippen LogP contribution < -0.4 is 0 Å². The van der Waals surface area contributed by atoms with Gasteiger partial charge in [0.05, 0.1) is 5.69 Å². The van der Waals surface area contributed by atoms with Crippen molar-refractivity contribution in [3.8, 4) is 11.3 Å². The molecule has 0 saturated carbocycles. The number of benzene rings is 1. The number of carbonyl (C=O) groups is 1.